The van der Waals surface area contributed by atoms with E-state index in [0.717, 1.165) is 47.8 Å². The van der Waals surface area contributed by atoms with Gasteiger partial charge in [-0.05, 0) is 32.6 Å². The molecule has 0 radical (unpaired) electrons. The lowest BCUT2D eigenvalue weighted by Crippen LogP contribution is -2.40. The summed E-state index contributed by atoms with van der Waals surface area (Å²) in [6, 6.07) is 0.110. The molecule has 1 aliphatic rings. The Morgan fingerprint density at radius 2 is 2.33 bits per heavy atom. The highest BCUT2D eigenvalue weighted by Gasteiger charge is 2.28. The van der Waals surface area contributed by atoms with Gasteiger partial charge in [-0.15, -0.1) is 16.4 Å². The van der Waals surface area contributed by atoms with E-state index in [-0.39, 0.29) is 18.6 Å². The molecule has 1 aliphatic heterocycles. The number of hydrogen-bond donors (Lipinski definition) is 1. The molecule has 1 atom stereocenters. The number of carbonyl (C=O) groups excluding carboxylic acids is 1. The number of piperidine rings is 1. The second-order valence-electron chi connectivity index (χ2n) is 6.17. The van der Waals surface area contributed by atoms with Crippen molar-refractivity contribution in [2.75, 3.05) is 13.1 Å². The minimum absolute atomic E-state index is 0.0690. The van der Waals surface area contributed by atoms with E-state index in [1.807, 2.05) is 11.8 Å². The molecule has 1 amide bonds. The topological polar surface area (TPSA) is 84.1 Å². The highest BCUT2D eigenvalue weighted by molar-refractivity contribution is 7.13. The second kappa shape index (κ2) is 7.40. The van der Waals surface area contributed by atoms with E-state index in [9.17, 15) is 4.79 Å². The molecule has 0 aromatic carbocycles. The first-order valence-electron chi connectivity index (χ1n) is 8.39. The van der Waals surface area contributed by atoms with Gasteiger partial charge in [0, 0.05) is 13.1 Å². The van der Waals surface area contributed by atoms with Crippen LogP contribution in [0.15, 0.2) is 6.20 Å². The van der Waals surface area contributed by atoms with E-state index < -0.39 is 0 Å². The third kappa shape index (κ3) is 3.49. The van der Waals surface area contributed by atoms with Crippen LogP contribution in [0.1, 0.15) is 58.3 Å². The highest BCUT2D eigenvalue weighted by Crippen LogP contribution is 2.26. The minimum Gasteiger partial charge on any atom is -0.390 e. The molecule has 130 valence electrons. The van der Waals surface area contributed by atoms with Gasteiger partial charge in [-0.2, -0.15) is 0 Å². The fourth-order valence-electron chi connectivity index (χ4n) is 3.03. The number of likely N-dealkylation sites (tertiary alicyclic amines) is 1. The first kappa shape index (κ1) is 17.0. The molecular weight excluding hydrogens is 326 g/mol. The van der Waals surface area contributed by atoms with Crippen LogP contribution in [0, 0.1) is 6.92 Å². The number of rotatable bonds is 5. The van der Waals surface area contributed by atoms with Crippen LogP contribution in [0.3, 0.4) is 0 Å². The number of aliphatic hydroxyl groups excluding tert-OH is 1. The average molecular weight is 349 g/mol. The van der Waals surface area contributed by atoms with Gasteiger partial charge in [-0.25, -0.2) is 9.67 Å². The average Bonchev–Trinajstić information content (AvgIpc) is 3.21. The number of thiazole rings is 1. The predicted molar refractivity (Wildman–Crippen MR) is 91.0 cm³/mol. The van der Waals surface area contributed by atoms with Crippen molar-refractivity contribution in [3.8, 4) is 0 Å². The third-order valence-electron chi connectivity index (χ3n) is 4.28. The molecule has 0 aliphatic carbocycles. The molecule has 0 unspecified atom stereocenters. The zero-order valence-electron chi connectivity index (χ0n) is 14.1. The van der Waals surface area contributed by atoms with Crippen LogP contribution >= 0.6 is 11.3 Å². The number of amides is 1. The van der Waals surface area contributed by atoms with Crippen molar-refractivity contribution in [1.82, 2.24) is 24.9 Å². The summed E-state index contributed by atoms with van der Waals surface area (Å²) < 4.78 is 1.77. The number of carbonyl (C=O) groups is 1. The van der Waals surface area contributed by atoms with Crippen molar-refractivity contribution in [3.05, 3.63) is 27.5 Å². The summed E-state index contributed by atoms with van der Waals surface area (Å²) in [6.45, 7) is 5.29. The Labute approximate surface area is 145 Å². The Morgan fingerprint density at radius 3 is 3.04 bits per heavy atom. The largest absolute Gasteiger partial charge is 0.390 e. The van der Waals surface area contributed by atoms with Gasteiger partial charge < -0.3 is 10.0 Å². The molecule has 7 nitrogen and oxygen atoms in total. The number of aliphatic hydroxyl groups is 1. The minimum atomic E-state index is -0.115. The number of aromatic nitrogens is 4. The molecule has 1 N–H and O–H groups in total. The lowest BCUT2D eigenvalue weighted by molar-refractivity contribution is 0.0675. The lowest BCUT2D eigenvalue weighted by Gasteiger charge is -2.32. The summed E-state index contributed by atoms with van der Waals surface area (Å²) in [6.07, 6.45) is 5.61. The van der Waals surface area contributed by atoms with Crippen LogP contribution in [0.2, 0.25) is 0 Å². The number of nitrogens with zero attached hydrogens (tertiary/aromatic N) is 5. The van der Waals surface area contributed by atoms with Crippen molar-refractivity contribution >= 4 is 17.2 Å². The normalized spacial score (nSPS) is 18.1. The van der Waals surface area contributed by atoms with Crippen LogP contribution in [0.4, 0.5) is 0 Å². The van der Waals surface area contributed by atoms with E-state index in [0.29, 0.717) is 12.2 Å². The molecular formula is C16H23N5O2S. The maximum absolute atomic E-state index is 12.9. The summed E-state index contributed by atoms with van der Waals surface area (Å²) in [7, 11) is 0. The van der Waals surface area contributed by atoms with E-state index >= 15 is 0 Å². The van der Waals surface area contributed by atoms with Crippen LogP contribution in [0.25, 0.3) is 0 Å². The molecule has 1 saturated heterocycles. The zero-order valence-corrected chi connectivity index (χ0v) is 14.9. The monoisotopic (exact) mass is 349 g/mol. The highest BCUT2D eigenvalue weighted by atomic mass is 32.1. The van der Waals surface area contributed by atoms with Gasteiger partial charge >= 0.3 is 0 Å². The molecule has 2 aromatic rings. The van der Waals surface area contributed by atoms with E-state index in [4.69, 9.17) is 5.11 Å². The van der Waals surface area contributed by atoms with E-state index in [1.54, 1.807) is 10.9 Å². The van der Waals surface area contributed by atoms with Crippen LogP contribution in [0.5, 0.6) is 0 Å². The standard InChI is InChI=1S/C16H23N5O2S/c1-3-5-14-17-11(2)15(24-14)16(23)20-7-4-6-13(9-20)21-8-12(10-22)18-19-21/h8,13,22H,3-7,9-10H2,1-2H3/t13-/m1/s1. The maximum atomic E-state index is 12.9. The van der Waals surface area contributed by atoms with E-state index in [2.05, 4.69) is 22.2 Å². The third-order valence-corrected chi connectivity index (χ3v) is 5.48. The fraction of sp³-hybridized carbons (Fsp3) is 0.625. The van der Waals surface area contributed by atoms with Crippen LogP contribution < -0.4 is 0 Å². The lowest BCUT2D eigenvalue weighted by atomic mass is 10.1. The first-order valence-corrected chi connectivity index (χ1v) is 9.21. The SMILES string of the molecule is CCCc1nc(C)c(C(=O)N2CCC[C@@H](n3cc(CO)nn3)C2)s1. The maximum Gasteiger partial charge on any atom is 0.265 e. The van der Waals surface area contributed by atoms with Crippen molar-refractivity contribution in [2.45, 2.75) is 52.2 Å². The van der Waals surface area contributed by atoms with Crippen LogP contribution in [-0.2, 0) is 13.0 Å². The van der Waals surface area contributed by atoms with Crippen molar-refractivity contribution in [2.24, 2.45) is 0 Å². The van der Waals surface area contributed by atoms with Gasteiger partial charge in [0.2, 0.25) is 0 Å². The van der Waals surface area contributed by atoms with Crippen molar-refractivity contribution < 1.29 is 9.90 Å². The van der Waals surface area contributed by atoms with Gasteiger partial charge in [-0.1, -0.05) is 12.1 Å². The van der Waals surface area contributed by atoms with E-state index in [1.165, 1.54) is 11.3 Å². The van der Waals surface area contributed by atoms with Gasteiger partial charge in [0.15, 0.2) is 0 Å². The Kier molecular flexibility index (Phi) is 5.25. The van der Waals surface area contributed by atoms with Gasteiger partial charge in [0.25, 0.3) is 5.91 Å². The molecule has 0 saturated carbocycles. The van der Waals surface area contributed by atoms with Gasteiger partial charge in [-0.3, -0.25) is 4.79 Å². The first-order chi connectivity index (χ1) is 11.6. The molecule has 3 heterocycles. The van der Waals surface area contributed by atoms with Crippen molar-refractivity contribution in [3.63, 3.8) is 0 Å². The van der Waals surface area contributed by atoms with Crippen LogP contribution in [-0.4, -0.2) is 49.0 Å². The summed E-state index contributed by atoms with van der Waals surface area (Å²) in [4.78, 5) is 20.1. The summed E-state index contributed by atoms with van der Waals surface area (Å²) in [5, 5.41) is 18.2. The quantitative estimate of drug-likeness (QED) is 0.892. The molecule has 0 spiro atoms. The van der Waals surface area contributed by atoms with Gasteiger partial charge in [0.1, 0.15) is 10.6 Å². The summed E-state index contributed by atoms with van der Waals surface area (Å²) in [5.74, 6) is 0.0690. The molecule has 24 heavy (non-hydrogen) atoms. The Hall–Kier alpha value is -1.80. The molecule has 3 rings (SSSR count). The molecule has 0 bridgehead atoms. The number of hydrogen-bond acceptors (Lipinski definition) is 6. The zero-order chi connectivity index (χ0) is 17.1. The Balaban J connectivity index is 1.73. The summed E-state index contributed by atoms with van der Waals surface area (Å²) >= 11 is 1.52. The smallest absolute Gasteiger partial charge is 0.265 e. The molecule has 2 aromatic heterocycles. The Morgan fingerprint density at radius 1 is 1.50 bits per heavy atom. The molecule has 1 fully saturated rings. The second-order valence-corrected chi connectivity index (χ2v) is 7.25. The van der Waals surface area contributed by atoms with Gasteiger partial charge in [0.05, 0.1) is 29.5 Å². The number of aryl methyl sites for hydroxylation is 2. The fourth-order valence-corrected chi connectivity index (χ4v) is 4.17. The molecule has 8 heteroatoms. The van der Waals surface area contributed by atoms with Crippen molar-refractivity contribution in [1.29, 1.82) is 0 Å². The predicted octanol–water partition coefficient (Wildman–Crippen LogP) is 1.97. The Bertz CT molecular complexity index is 711. The summed E-state index contributed by atoms with van der Waals surface area (Å²) in [5.41, 5.74) is 1.39.